The van der Waals surface area contributed by atoms with Crippen LogP contribution in [-0.2, 0) is 16.0 Å². The van der Waals surface area contributed by atoms with Crippen molar-refractivity contribution >= 4 is 29.1 Å². The highest BCUT2D eigenvalue weighted by Crippen LogP contribution is 2.24. The van der Waals surface area contributed by atoms with Crippen molar-refractivity contribution in [3.8, 4) is 24.2 Å². The maximum Gasteiger partial charge on any atom is 0.295 e. The van der Waals surface area contributed by atoms with E-state index in [0.717, 1.165) is 18.4 Å². The van der Waals surface area contributed by atoms with Crippen molar-refractivity contribution in [2.24, 2.45) is 5.73 Å². The van der Waals surface area contributed by atoms with Gasteiger partial charge in [0.05, 0.1) is 5.69 Å². The highest BCUT2D eigenvalue weighted by atomic mass is 16.5. The molecule has 34 heavy (non-hydrogen) atoms. The average Bonchev–Trinajstić information content (AvgIpc) is 2.84. The predicted molar refractivity (Wildman–Crippen MR) is 130 cm³/mol. The monoisotopic (exact) mass is 460 g/mol. The van der Waals surface area contributed by atoms with E-state index in [4.69, 9.17) is 16.9 Å². The van der Waals surface area contributed by atoms with Crippen LogP contribution in [-0.4, -0.2) is 47.6 Å². The van der Waals surface area contributed by atoms with Gasteiger partial charge in [0.2, 0.25) is 0 Å². The van der Waals surface area contributed by atoms with E-state index in [9.17, 15) is 9.59 Å². The van der Waals surface area contributed by atoms with Crippen molar-refractivity contribution in [1.82, 2.24) is 15.3 Å². The first kappa shape index (κ1) is 24.6. The van der Waals surface area contributed by atoms with Crippen molar-refractivity contribution in [2.75, 3.05) is 30.4 Å². The van der Waals surface area contributed by atoms with Gasteiger partial charge in [0.25, 0.3) is 11.8 Å². The van der Waals surface area contributed by atoms with Crippen LogP contribution in [0.2, 0.25) is 0 Å². The van der Waals surface area contributed by atoms with Gasteiger partial charge in [-0.3, -0.25) is 9.59 Å². The van der Waals surface area contributed by atoms with Crippen LogP contribution in [0.1, 0.15) is 47.9 Å². The van der Waals surface area contributed by atoms with Crippen molar-refractivity contribution in [3.05, 3.63) is 41.2 Å². The fourth-order valence-corrected chi connectivity index (χ4v) is 3.39. The summed E-state index contributed by atoms with van der Waals surface area (Å²) in [7, 11) is 0. The number of nitrogens with one attached hydrogen (secondary N) is 3. The molecule has 1 fully saturated rings. The molecule has 0 bridgehead atoms. The Labute approximate surface area is 199 Å². The van der Waals surface area contributed by atoms with Crippen LogP contribution in [0.5, 0.6) is 0 Å². The Morgan fingerprint density at radius 2 is 2.03 bits per heavy atom. The molecule has 2 aromatic rings. The zero-order valence-electron chi connectivity index (χ0n) is 19.1. The Morgan fingerprint density at radius 3 is 2.74 bits per heavy atom. The lowest BCUT2D eigenvalue weighted by Crippen LogP contribution is -2.29. The number of nitrogens with zero attached hydrogens (tertiary/aromatic N) is 2. The average molecular weight is 461 g/mol. The Hall–Kier alpha value is -4.08. The van der Waals surface area contributed by atoms with Crippen LogP contribution in [0.3, 0.4) is 0 Å². The van der Waals surface area contributed by atoms with Crippen LogP contribution >= 0.6 is 0 Å². The molecular formula is C25H28N6O3. The molecule has 0 unspecified atom stereocenters. The minimum Gasteiger partial charge on any atom is -0.381 e. The number of aryl methyl sites for hydroxylation is 1. The molecule has 2 heterocycles. The smallest absolute Gasteiger partial charge is 0.295 e. The third-order valence-electron chi connectivity index (χ3n) is 5.12. The number of primary amides is 1. The molecule has 3 rings (SSSR count). The largest absolute Gasteiger partial charge is 0.381 e. The lowest BCUT2D eigenvalue weighted by atomic mass is 10.1. The van der Waals surface area contributed by atoms with Crippen molar-refractivity contribution in [1.29, 1.82) is 0 Å². The number of hydrogen-bond donors (Lipinski definition) is 4. The van der Waals surface area contributed by atoms with Crippen LogP contribution in [0, 0.1) is 24.2 Å². The quantitative estimate of drug-likeness (QED) is 0.350. The predicted octanol–water partition coefficient (Wildman–Crippen LogP) is 1.96. The summed E-state index contributed by atoms with van der Waals surface area (Å²) in [5, 5.41) is 9.17. The van der Waals surface area contributed by atoms with Gasteiger partial charge in [-0.1, -0.05) is 24.8 Å². The summed E-state index contributed by atoms with van der Waals surface area (Å²) in [6, 6.07) is 7.59. The van der Waals surface area contributed by atoms with Gasteiger partial charge in [-0.05, 0) is 43.4 Å². The third kappa shape index (κ3) is 6.96. The van der Waals surface area contributed by atoms with E-state index in [0.29, 0.717) is 49.8 Å². The fourth-order valence-electron chi connectivity index (χ4n) is 3.39. The molecule has 1 aromatic carbocycles. The van der Waals surface area contributed by atoms with E-state index in [-0.39, 0.29) is 17.6 Å². The minimum atomic E-state index is -0.660. The number of amides is 2. The molecular weight excluding hydrogens is 432 g/mol. The van der Waals surface area contributed by atoms with Crippen LogP contribution in [0.15, 0.2) is 24.3 Å². The number of carbonyl (C=O) groups excluding carboxylic acids is 2. The third-order valence-corrected chi connectivity index (χ3v) is 5.12. The van der Waals surface area contributed by atoms with Gasteiger partial charge < -0.3 is 26.4 Å². The molecule has 1 aliphatic rings. The summed E-state index contributed by atoms with van der Waals surface area (Å²) in [6.45, 7) is 3.72. The molecule has 0 saturated carbocycles. The molecule has 9 nitrogen and oxygen atoms in total. The van der Waals surface area contributed by atoms with E-state index in [1.54, 1.807) is 0 Å². The SMILES string of the molecule is C#CC(=O)NCCC#Cc1cccc(Nc2nc(NC3CCOCC3)c(CC)nc2C(N)=O)c1. The molecule has 1 aliphatic heterocycles. The molecule has 1 saturated heterocycles. The highest BCUT2D eigenvalue weighted by molar-refractivity contribution is 5.96. The number of rotatable bonds is 8. The number of aromatic nitrogens is 2. The molecule has 9 heteroatoms. The Bertz CT molecular complexity index is 1140. The first-order valence-corrected chi connectivity index (χ1v) is 11.2. The Kier molecular flexibility index (Phi) is 8.84. The van der Waals surface area contributed by atoms with E-state index >= 15 is 0 Å². The second kappa shape index (κ2) is 12.2. The van der Waals surface area contributed by atoms with Gasteiger partial charge in [-0.2, -0.15) is 0 Å². The first-order chi connectivity index (χ1) is 16.5. The number of hydrogen-bond acceptors (Lipinski definition) is 7. The molecule has 0 aliphatic carbocycles. The molecule has 2 amide bonds. The molecule has 176 valence electrons. The number of nitrogens with two attached hydrogens (primary N) is 1. The fraction of sp³-hybridized carbons (Fsp3) is 0.360. The number of anilines is 3. The Morgan fingerprint density at radius 1 is 1.24 bits per heavy atom. The lowest BCUT2D eigenvalue weighted by molar-refractivity contribution is -0.115. The minimum absolute atomic E-state index is 0.0788. The second-order valence-corrected chi connectivity index (χ2v) is 7.62. The molecule has 0 radical (unpaired) electrons. The first-order valence-electron chi connectivity index (χ1n) is 11.2. The van der Waals surface area contributed by atoms with Gasteiger partial charge in [0, 0.05) is 43.5 Å². The van der Waals surface area contributed by atoms with Crippen molar-refractivity contribution < 1.29 is 14.3 Å². The molecule has 5 N–H and O–H groups in total. The normalized spacial score (nSPS) is 13.2. The van der Waals surface area contributed by atoms with Gasteiger partial charge in [-0.15, -0.1) is 6.42 Å². The van der Waals surface area contributed by atoms with Crippen LogP contribution < -0.4 is 21.7 Å². The molecule has 0 atom stereocenters. The highest BCUT2D eigenvalue weighted by Gasteiger charge is 2.20. The van der Waals surface area contributed by atoms with Crippen molar-refractivity contribution in [3.63, 3.8) is 0 Å². The number of carbonyl (C=O) groups is 2. The van der Waals surface area contributed by atoms with Gasteiger partial charge in [0.15, 0.2) is 17.3 Å². The topological polar surface area (TPSA) is 131 Å². The zero-order chi connectivity index (χ0) is 24.3. The van der Waals surface area contributed by atoms with Crippen LogP contribution in [0.25, 0.3) is 0 Å². The maximum absolute atomic E-state index is 12.1. The standard InChI is InChI=1S/C25H28N6O3/c1-3-20-24(28-18-11-14-34-15-12-18)31-25(22(30-20)23(26)33)29-19-10-7-9-17(16-19)8-5-6-13-27-21(32)4-2/h2,7,9-10,16,18H,3,6,11-15H2,1H3,(H2,26,33)(H,27,32)(H2,28,29,31). The Balaban J connectivity index is 1.79. The van der Waals surface area contributed by atoms with Crippen LogP contribution in [0.4, 0.5) is 17.3 Å². The summed E-state index contributed by atoms with van der Waals surface area (Å²) in [4.78, 5) is 32.3. The van der Waals surface area contributed by atoms with E-state index < -0.39 is 11.8 Å². The number of terminal acetylenes is 1. The molecule has 0 spiro atoms. The van der Waals surface area contributed by atoms with Gasteiger partial charge in [0.1, 0.15) is 0 Å². The summed E-state index contributed by atoms with van der Waals surface area (Å²) >= 11 is 0. The van der Waals surface area contributed by atoms with E-state index in [1.165, 1.54) is 0 Å². The van der Waals surface area contributed by atoms with E-state index in [2.05, 4.69) is 37.8 Å². The second-order valence-electron chi connectivity index (χ2n) is 7.62. The molecule has 1 aromatic heterocycles. The van der Waals surface area contributed by atoms with Gasteiger partial charge in [-0.25, -0.2) is 9.97 Å². The lowest BCUT2D eigenvalue weighted by Gasteiger charge is -2.25. The summed E-state index contributed by atoms with van der Waals surface area (Å²) in [5.41, 5.74) is 7.80. The van der Waals surface area contributed by atoms with Crippen molar-refractivity contribution in [2.45, 2.75) is 38.6 Å². The number of benzene rings is 1. The summed E-state index contributed by atoms with van der Waals surface area (Å²) < 4.78 is 5.43. The maximum atomic E-state index is 12.1. The zero-order valence-corrected chi connectivity index (χ0v) is 19.1. The van der Waals surface area contributed by atoms with E-state index in [1.807, 2.05) is 37.1 Å². The number of ether oxygens (including phenoxy) is 1. The summed E-state index contributed by atoms with van der Waals surface area (Å²) in [6.07, 6.45) is 7.82. The summed E-state index contributed by atoms with van der Waals surface area (Å²) in [5.74, 6) is 7.81. The van der Waals surface area contributed by atoms with Gasteiger partial charge >= 0.3 is 0 Å².